The van der Waals surface area contributed by atoms with Gasteiger partial charge in [0.1, 0.15) is 11.5 Å². The minimum absolute atomic E-state index is 0.00530. The van der Waals surface area contributed by atoms with E-state index in [9.17, 15) is 4.79 Å². The third-order valence-corrected chi connectivity index (χ3v) is 3.84. The summed E-state index contributed by atoms with van der Waals surface area (Å²) >= 11 is 0. The third kappa shape index (κ3) is 2.90. The van der Waals surface area contributed by atoms with Crippen molar-refractivity contribution in [3.63, 3.8) is 0 Å². The van der Waals surface area contributed by atoms with Gasteiger partial charge in [0.25, 0.3) is 5.91 Å². The molecule has 0 bridgehead atoms. The summed E-state index contributed by atoms with van der Waals surface area (Å²) in [4.78, 5) is 25.0. The molecular formula is C14H20N4O2. The van der Waals surface area contributed by atoms with Crippen molar-refractivity contribution in [2.75, 3.05) is 44.3 Å². The summed E-state index contributed by atoms with van der Waals surface area (Å²) in [6.07, 6.45) is 6.69. The molecule has 0 N–H and O–H groups in total. The number of nitrogens with zero attached hydrogens (tertiary/aromatic N) is 4. The topological polar surface area (TPSA) is 58.6 Å². The van der Waals surface area contributed by atoms with E-state index in [0.29, 0.717) is 5.69 Å². The van der Waals surface area contributed by atoms with Crippen LogP contribution in [0.25, 0.3) is 0 Å². The van der Waals surface area contributed by atoms with Gasteiger partial charge >= 0.3 is 0 Å². The van der Waals surface area contributed by atoms with Crippen LogP contribution < -0.4 is 4.90 Å². The Kier molecular flexibility index (Phi) is 4.11. The van der Waals surface area contributed by atoms with E-state index in [1.165, 1.54) is 6.42 Å². The summed E-state index contributed by atoms with van der Waals surface area (Å²) in [6.45, 7) is 4.77. The first-order valence-electron chi connectivity index (χ1n) is 7.28. The van der Waals surface area contributed by atoms with Gasteiger partial charge in [0.15, 0.2) is 0 Å². The maximum atomic E-state index is 12.3. The lowest BCUT2D eigenvalue weighted by molar-refractivity contribution is 0.0718. The fourth-order valence-electron chi connectivity index (χ4n) is 2.65. The van der Waals surface area contributed by atoms with Crippen LogP contribution in [0.15, 0.2) is 12.4 Å². The molecule has 1 amide bonds. The van der Waals surface area contributed by atoms with Crippen LogP contribution in [0.1, 0.15) is 29.8 Å². The summed E-state index contributed by atoms with van der Waals surface area (Å²) in [6, 6.07) is 0. The standard InChI is InChI=1S/C14H20N4O2/c19-14(18-4-2-1-3-5-18)12-10-16-13(11-15-12)17-6-8-20-9-7-17/h10-11H,1-9H2. The van der Waals surface area contributed by atoms with Gasteiger partial charge in [0, 0.05) is 26.2 Å². The van der Waals surface area contributed by atoms with Crippen LogP contribution in [-0.4, -0.2) is 60.2 Å². The molecule has 2 aliphatic rings. The molecule has 0 radical (unpaired) electrons. The van der Waals surface area contributed by atoms with Crippen LogP contribution in [-0.2, 0) is 4.74 Å². The Morgan fingerprint density at radius 3 is 2.40 bits per heavy atom. The van der Waals surface area contributed by atoms with Crippen molar-refractivity contribution in [3.8, 4) is 0 Å². The molecule has 3 rings (SSSR count). The number of carbonyl (C=O) groups is 1. The van der Waals surface area contributed by atoms with E-state index >= 15 is 0 Å². The minimum Gasteiger partial charge on any atom is -0.378 e. The Labute approximate surface area is 118 Å². The first-order chi connectivity index (χ1) is 9.84. The fourth-order valence-corrected chi connectivity index (χ4v) is 2.65. The van der Waals surface area contributed by atoms with Crippen molar-refractivity contribution in [2.24, 2.45) is 0 Å². The van der Waals surface area contributed by atoms with Crippen molar-refractivity contribution in [2.45, 2.75) is 19.3 Å². The van der Waals surface area contributed by atoms with Crippen LogP contribution in [0.2, 0.25) is 0 Å². The molecule has 0 saturated carbocycles. The molecule has 108 valence electrons. The van der Waals surface area contributed by atoms with Crippen LogP contribution in [0, 0.1) is 0 Å². The molecule has 0 aromatic carbocycles. The van der Waals surface area contributed by atoms with E-state index < -0.39 is 0 Å². The number of piperidine rings is 1. The number of amides is 1. The monoisotopic (exact) mass is 276 g/mol. The van der Waals surface area contributed by atoms with Gasteiger partial charge in [-0.15, -0.1) is 0 Å². The molecule has 0 atom stereocenters. The summed E-state index contributed by atoms with van der Waals surface area (Å²) < 4.78 is 5.31. The summed E-state index contributed by atoms with van der Waals surface area (Å²) in [7, 11) is 0. The lowest BCUT2D eigenvalue weighted by atomic mass is 10.1. The van der Waals surface area contributed by atoms with Gasteiger partial charge in [-0.1, -0.05) is 0 Å². The number of ether oxygens (including phenoxy) is 1. The average molecular weight is 276 g/mol. The number of hydrogen-bond donors (Lipinski definition) is 0. The molecule has 3 heterocycles. The van der Waals surface area contributed by atoms with Gasteiger partial charge < -0.3 is 14.5 Å². The highest BCUT2D eigenvalue weighted by Gasteiger charge is 2.20. The van der Waals surface area contributed by atoms with Crippen molar-refractivity contribution in [1.29, 1.82) is 0 Å². The summed E-state index contributed by atoms with van der Waals surface area (Å²) in [5, 5.41) is 0. The molecular weight excluding hydrogens is 256 g/mol. The van der Waals surface area contributed by atoms with Gasteiger partial charge in [-0.05, 0) is 19.3 Å². The van der Waals surface area contributed by atoms with Gasteiger partial charge in [-0.25, -0.2) is 9.97 Å². The molecule has 6 nitrogen and oxygen atoms in total. The van der Waals surface area contributed by atoms with Crippen molar-refractivity contribution in [3.05, 3.63) is 18.1 Å². The Morgan fingerprint density at radius 1 is 1.00 bits per heavy atom. The number of hydrogen-bond acceptors (Lipinski definition) is 5. The first-order valence-corrected chi connectivity index (χ1v) is 7.28. The quantitative estimate of drug-likeness (QED) is 0.804. The van der Waals surface area contributed by atoms with Crippen LogP contribution in [0.3, 0.4) is 0 Å². The Balaban J connectivity index is 1.67. The Bertz CT molecular complexity index is 451. The van der Waals surface area contributed by atoms with Gasteiger partial charge in [0.2, 0.25) is 0 Å². The van der Waals surface area contributed by atoms with Crippen LogP contribution in [0.4, 0.5) is 5.82 Å². The highest BCUT2D eigenvalue weighted by atomic mass is 16.5. The Hall–Kier alpha value is -1.69. The molecule has 1 aromatic rings. The van der Waals surface area contributed by atoms with E-state index in [0.717, 1.165) is 58.1 Å². The lowest BCUT2D eigenvalue weighted by Crippen LogP contribution is -2.37. The highest BCUT2D eigenvalue weighted by molar-refractivity contribution is 5.92. The molecule has 0 spiro atoms. The molecule has 0 aliphatic carbocycles. The summed E-state index contributed by atoms with van der Waals surface area (Å²) in [5.74, 6) is 0.828. The maximum Gasteiger partial charge on any atom is 0.274 e. The van der Waals surface area contributed by atoms with Crippen molar-refractivity contribution >= 4 is 11.7 Å². The van der Waals surface area contributed by atoms with Gasteiger partial charge in [0.05, 0.1) is 25.6 Å². The van der Waals surface area contributed by atoms with Crippen molar-refractivity contribution in [1.82, 2.24) is 14.9 Å². The zero-order chi connectivity index (χ0) is 13.8. The number of carbonyl (C=O) groups excluding carboxylic acids is 1. The number of morpholine rings is 1. The second-order valence-electron chi connectivity index (χ2n) is 5.21. The molecule has 20 heavy (non-hydrogen) atoms. The van der Waals surface area contributed by atoms with Crippen LogP contribution in [0.5, 0.6) is 0 Å². The predicted octanol–water partition coefficient (Wildman–Crippen LogP) is 0.939. The fraction of sp³-hybridized carbons (Fsp3) is 0.643. The number of rotatable bonds is 2. The second kappa shape index (κ2) is 6.17. The summed E-state index contributed by atoms with van der Waals surface area (Å²) in [5.41, 5.74) is 0.448. The number of anilines is 1. The van der Waals surface area contributed by atoms with E-state index in [1.807, 2.05) is 4.90 Å². The molecule has 0 unspecified atom stereocenters. The first kappa shape index (κ1) is 13.3. The zero-order valence-corrected chi connectivity index (χ0v) is 11.6. The van der Waals surface area contributed by atoms with Crippen molar-refractivity contribution < 1.29 is 9.53 Å². The van der Waals surface area contributed by atoms with E-state index in [1.54, 1.807) is 12.4 Å². The largest absolute Gasteiger partial charge is 0.378 e. The van der Waals surface area contributed by atoms with Gasteiger partial charge in [-0.2, -0.15) is 0 Å². The highest BCUT2D eigenvalue weighted by Crippen LogP contribution is 2.14. The minimum atomic E-state index is 0.00530. The molecule has 2 fully saturated rings. The second-order valence-corrected chi connectivity index (χ2v) is 5.21. The van der Waals surface area contributed by atoms with E-state index in [2.05, 4.69) is 14.9 Å². The molecule has 2 aliphatic heterocycles. The smallest absolute Gasteiger partial charge is 0.274 e. The van der Waals surface area contributed by atoms with E-state index in [-0.39, 0.29) is 5.91 Å². The zero-order valence-electron chi connectivity index (χ0n) is 11.6. The van der Waals surface area contributed by atoms with Gasteiger partial charge in [-0.3, -0.25) is 4.79 Å². The maximum absolute atomic E-state index is 12.3. The number of likely N-dealkylation sites (tertiary alicyclic amines) is 1. The molecule has 2 saturated heterocycles. The Morgan fingerprint density at radius 2 is 1.75 bits per heavy atom. The lowest BCUT2D eigenvalue weighted by Gasteiger charge is -2.28. The number of aromatic nitrogens is 2. The molecule has 1 aromatic heterocycles. The average Bonchev–Trinajstić information content (AvgIpc) is 2.56. The predicted molar refractivity (Wildman–Crippen MR) is 74.8 cm³/mol. The van der Waals surface area contributed by atoms with E-state index in [4.69, 9.17) is 4.74 Å². The van der Waals surface area contributed by atoms with Crippen LogP contribution >= 0.6 is 0 Å². The normalized spacial score (nSPS) is 20.0. The molecule has 6 heteroatoms. The SMILES string of the molecule is O=C(c1cnc(N2CCOCC2)cn1)N1CCCCC1. The third-order valence-electron chi connectivity index (χ3n) is 3.84.